The third-order valence-electron chi connectivity index (χ3n) is 2.54. The van der Waals surface area contributed by atoms with Crippen LogP contribution in [0.25, 0.3) is 0 Å². The Kier molecular flexibility index (Phi) is 5.79. The fraction of sp³-hybridized carbons (Fsp3) is 0.700. The molecule has 0 atom stereocenters. The van der Waals surface area contributed by atoms with E-state index >= 15 is 0 Å². The lowest BCUT2D eigenvalue weighted by Crippen LogP contribution is -2.40. The molecule has 1 aliphatic rings. The summed E-state index contributed by atoms with van der Waals surface area (Å²) in [5, 5.41) is 19.6. The standard InChI is InChI=1S/C10H16N2O5S/c13-8(14)7(9(15)16)17-10(18)11-3-1-4-12-5-2-6-12/h7H,1-6H2,(H,11,18)(H,13,14)(H,15,16). The Bertz CT molecular complexity index is 318. The Morgan fingerprint density at radius 2 is 1.94 bits per heavy atom. The van der Waals surface area contributed by atoms with E-state index in [2.05, 4.69) is 15.0 Å². The van der Waals surface area contributed by atoms with Gasteiger partial charge in [0.05, 0.1) is 0 Å². The summed E-state index contributed by atoms with van der Waals surface area (Å²) in [5.41, 5.74) is 0. The molecular weight excluding hydrogens is 260 g/mol. The molecule has 102 valence electrons. The molecule has 1 saturated heterocycles. The van der Waals surface area contributed by atoms with E-state index in [4.69, 9.17) is 22.4 Å². The van der Waals surface area contributed by atoms with E-state index in [1.165, 1.54) is 6.42 Å². The summed E-state index contributed by atoms with van der Waals surface area (Å²) in [6, 6.07) is 0. The van der Waals surface area contributed by atoms with Crippen LogP contribution in [0.3, 0.4) is 0 Å². The average Bonchev–Trinajstić information content (AvgIpc) is 2.22. The van der Waals surface area contributed by atoms with E-state index in [1.54, 1.807) is 0 Å². The number of carboxylic acids is 2. The Balaban J connectivity index is 2.15. The van der Waals surface area contributed by atoms with Crippen LogP contribution in [-0.4, -0.2) is 64.5 Å². The predicted molar refractivity (Wildman–Crippen MR) is 66.4 cm³/mol. The first kappa shape index (κ1) is 14.7. The lowest BCUT2D eigenvalue weighted by atomic mass is 10.2. The van der Waals surface area contributed by atoms with Crippen LogP contribution in [-0.2, 0) is 14.3 Å². The monoisotopic (exact) mass is 276 g/mol. The highest BCUT2D eigenvalue weighted by atomic mass is 32.1. The van der Waals surface area contributed by atoms with Crippen LogP contribution in [0.15, 0.2) is 0 Å². The second-order valence-electron chi connectivity index (χ2n) is 3.94. The minimum absolute atomic E-state index is 0.201. The van der Waals surface area contributed by atoms with Crippen molar-refractivity contribution in [3.63, 3.8) is 0 Å². The number of thiocarbonyl (C=S) groups is 1. The molecule has 1 heterocycles. The first-order valence-corrected chi connectivity index (χ1v) is 6.04. The van der Waals surface area contributed by atoms with Gasteiger partial charge in [0.2, 0.25) is 0 Å². The molecule has 0 aromatic carbocycles. The quantitative estimate of drug-likeness (QED) is 0.325. The highest BCUT2D eigenvalue weighted by molar-refractivity contribution is 7.80. The molecule has 1 rings (SSSR count). The third kappa shape index (κ3) is 4.84. The maximum Gasteiger partial charge on any atom is 0.356 e. The van der Waals surface area contributed by atoms with E-state index in [1.807, 2.05) is 0 Å². The van der Waals surface area contributed by atoms with Crippen molar-refractivity contribution in [2.24, 2.45) is 0 Å². The van der Waals surface area contributed by atoms with Gasteiger partial charge in [-0.15, -0.1) is 0 Å². The Morgan fingerprint density at radius 1 is 1.33 bits per heavy atom. The topological polar surface area (TPSA) is 99.1 Å². The molecule has 0 saturated carbocycles. The molecule has 0 amide bonds. The van der Waals surface area contributed by atoms with E-state index in [9.17, 15) is 9.59 Å². The fourth-order valence-corrected chi connectivity index (χ4v) is 1.65. The Labute approximate surface area is 110 Å². The van der Waals surface area contributed by atoms with Gasteiger partial charge >= 0.3 is 11.9 Å². The highest BCUT2D eigenvalue weighted by Gasteiger charge is 2.28. The van der Waals surface area contributed by atoms with Gasteiger partial charge in [0.25, 0.3) is 11.3 Å². The SMILES string of the molecule is O=C(O)C(OC(=S)NCCCN1CCC1)C(=O)O. The summed E-state index contributed by atoms with van der Waals surface area (Å²) in [4.78, 5) is 23.4. The first-order chi connectivity index (χ1) is 8.50. The van der Waals surface area contributed by atoms with Crippen molar-refractivity contribution >= 4 is 29.3 Å². The summed E-state index contributed by atoms with van der Waals surface area (Å²) in [7, 11) is 0. The summed E-state index contributed by atoms with van der Waals surface area (Å²) < 4.78 is 4.63. The number of likely N-dealkylation sites (tertiary alicyclic amines) is 1. The van der Waals surface area contributed by atoms with Crippen molar-refractivity contribution in [2.75, 3.05) is 26.2 Å². The predicted octanol–water partition coefficient (Wildman–Crippen LogP) is -0.489. The van der Waals surface area contributed by atoms with E-state index in [-0.39, 0.29) is 5.17 Å². The minimum Gasteiger partial charge on any atom is -0.478 e. The van der Waals surface area contributed by atoms with Crippen LogP contribution in [0.4, 0.5) is 0 Å². The lowest BCUT2D eigenvalue weighted by molar-refractivity contribution is -0.159. The van der Waals surface area contributed by atoms with Crippen LogP contribution in [0.1, 0.15) is 12.8 Å². The zero-order valence-corrected chi connectivity index (χ0v) is 10.6. The molecular formula is C10H16N2O5S. The molecule has 18 heavy (non-hydrogen) atoms. The maximum absolute atomic E-state index is 10.5. The van der Waals surface area contributed by atoms with Crippen molar-refractivity contribution in [3.8, 4) is 0 Å². The van der Waals surface area contributed by atoms with Crippen LogP contribution in [0.5, 0.6) is 0 Å². The fourth-order valence-electron chi connectivity index (χ4n) is 1.45. The molecule has 1 fully saturated rings. The van der Waals surface area contributed by atoms with E-state index in [0.29, 0.717) is 6.54 Å². The zero-order valence-electron chi connectivity index (χ0n) is 9.79. The molecule has 0 radical (unpaired) electrons. The maximum atomic E-state index is 10.5. The second-order valence-corrected chi connectivity index (χ2v) is 4.31. The second kappa shape index (κ2) is 7.12. The smallest absolute Gasteiger partial charge is 0.356 e. The molecule has 8 heteroatoms. The number of aliphatic carboxylic acids is 2. The molecule has 3 N–H and O–H groups in total. The van der Waals surface area contributed by atoms with Gasteiger partial charge in [-0.1, -0.05) is 0 Å². The van der Waals surface area contributed by atoms with Gasteiger partial charge < -0.3 is 25.2 Å². The number of rotatable bonds is 7. The van der Waals surface area contributed by atoms with Crippen LogP contribution >= 0.6 is 12.2 Å². The van der Waals surface area contributed by atoms with E-state index in [0.717, 1.165) is 26.1 Å². The van der Waals surface area contributed by atoms with Gasteiger partial charge in [-0.05, 0) is 44.7 Å². The number of ether oxygens (including phenoxy) is 1. The number of nitrogens with zero attached hydrogens (tertiary/aromatic N) is 1. The molecule has 1 aliphatic heterocycles. The van der Waals surface area contributed by atoms with Crippen molar-refractivity contribution in [1.29, 1.82) is 0 Å². The van der Waals surface area contributed by atoms with Gasteiger partial charge in [-0.25, -0.2) is 9.59 Å². The summed E-state index contributed by atoms with van der Waals surface area (Å²) in [6.45, 7) is 3.69. The van der Waals surface area contributed by atoms with Gasteiger partial charge in [0.15, 0.2) is 0 Å². The van der Waals surface area contributed by atoms with Crippen molar-refractivity contribution in [2.45, 2.75) is 18.9 Å². The molecule has 0 aromatic heterocycles. The molecule has 0 aromatic rings. The summed E-state index contributed by atoms with van der Waals surface area (Å²) >= 11 is 4.72. The van der Waals surface area contributed by atoms with Crippen molar-refractivity contribution in [3.05, 3.63) is 0 Å². The van der Waals surface area contributed by atoms with Crippen molar-refractivity contribution in [1.82, 2.24) is 10.2 Å². The molecule has 0 unspecified atom stereocenters. The van der Waals surface area contributed by atoms with Crippen LogP contribution < -0.4 is 5.32 Å². The third-order valence-corrected chi connectivity index (χ3v) is 2.78. The zero-order chi connectivity index (χ0) is 13.5. The Hall–Kier alpha value is -1.41. The lowest BCUT2D eigenvalue weighted by Gasteiger charge is -2.30. The van der Waals surface area contributed by atoms with E-state index < -0.39 is 18.0 Å². The minimum atomic E-state index is -1.96. The van der Waals surface area contributed by atoms with Gasteiger partial charge in [0, 0.05) is 6.54 Å². The molecule has 0 aliphatic carbocycles. The average molecular weight is 276 g/mol. The number of carboxylic acid groups (broad SMARTS) is 2. The summed E-state index contributed by atoms with van der Waals surface area (Å²) in [6.07, 6.45) is 0.114. The number of hydrogen-bond donors (Lipinski definition) is 3. The number of hydrogen-bond acceptors (Lipinski definition) is 5. The molecule has 0 spiro atoms. The molecule has 7 nitrogen and oxygen atoms in total. The summed E-state index contributed by atoms with van der Waals surface area (Å²) in [5.74, 6) is -3.15. The van der Waals surface area contributed by atoms with Crippen molar-refractivity contribution < 1.29 is 24.5 Å². The Morgan fingerprint density at radius 3 is 2.39 bits per heavy atom. The normalized spacial score (nSPS) is 14.9. The number of nitrogens with one attached hydrogen (secondary N) is 1. The first-order valence-electron chi connectivity index (χ1n) is 5.63. The highest BCUT2D eigenvalue weighted by Crippen LogP contribution is 2.05. The van der Waals surface area contributed by atoms with Gasteiger partial charge in [-0.2, -0.15) is 0 Å². The molecule has 0 bridgehead atoms. The van der Waals surface area contributed by atoms with Crippen LogP contribution in [0, 0.1) is 0 Å². The van der Waals surface area contributed by atoms with Crippen LogP contribution in [0.2, 0.25) is 0 Å². The van der Waals surface area contributed by atoms with Gasteiger partial charge in [0.1, 0.15) is 0 Å². The number of carbonyl (C=O) groups is 2. The largest absolute Gasteiger partial charge is 0.478 e. The van der Waals surface area contributed by atoms with Gasteiger partial charge in [-0.3, -0.25) is 0 Å².